The number of halogens is 1. The van der Waals surface area contributed by atoms with Crippen LogP contribution in [0.25, 0.3) is 0 Å². The quantitative estimate of drug-likeness (QED) is 0.786. The molecule has 0 saturated heterocycles. The van der Waals surface area contributed by atoms with E-state index in [9.17, 15) is 5.11 Å². The summed E-state index contributed by atoms with van der Waals surface area (Å²) in [5.41, 5.74) is 0.225. The fourth-order valence-electron chi connectivity index (χ4n) is 5.49. The average Bonchev–Trinajstić information content (AvgIpc) is 2.44. The first-order chi connectivity index (χ1) is 10.1. The van der Waals surface area contributed by atoms with Crippen molar-refractivity contribution in [3.05, 3.63) is 29.3 Å². The molecule has 1 aromatic carbocycles. The average molecular weight is 323 g/mol. The fraction of sp³-hybridized carbons (Fsp3) is 0.667. The highest BCUT2D eigenvalue weighted by Crippen LogP contribution is 2.61. The lowest BCUT2D eigenvalue weighted by molar-refractivity contribution is -0.112. The van der Waals surface area contributed by atoms with Gasteiger partial charge in [-0.25, -0.2) is 0 Å². The second-order valence-corrected chi connectivity index (χ2v) is 9.01. The van der Waals surface area contributed by atoms with Gasteiger partial charge in [-0.05, 0) is 73.8 Å². The Hall–Kier alpha value is -0.180. The van der Waals surface area contributed by atoms with E-state index < -0.39 is 0 Å². The Labute approximate surface area is 136 Å². The van der Waals surface area contributed by atoms with Crippen molar-refractivity contribution in [2.24, 2.45) is 23.2 Å². The number of rotatable bonds is 4. The van der Waals surface area contributed by atoms with Crippen LogP contribution in [0.15, 0.2) is 29.2 Å². The molecule has 4 aliphatic rings. The maximum atomic E-state index is 10.9. The smallest absolute Gasteiger partial charge is 0.0690 e. The van der Waals surface area contributed by atoms with Gasteiger partial charge in [0, 0.05) is 10.6 Å². The molecule has 21 heavy (non-hydrogen) atoms. The van der Waals surface area contributed by atoms with E-state index in [-0.39, 0.29) is 11.5 Å². The third kappa shape index (κ3) is 2.64. The maximum absolute atomic E-state index is 10.9. The van der Waals surface area contributed by atoms with Gasteiger partial charge in [-0.2, -0.15) is 0 Å². The SMILES string of the molecule is OC(CSc1ccccc1Cl)C12CC3CC(CC(C3)C1)C2. The Morgan fingerprint density at radius 2 is 1.67 bits per heavy atom. The summed E-state index contributed by atoms with van der Waals surface area (Å²) in [6.07, 6.45) is 7.93. The van der Waals surface area contributed by atoms with Crippen molar-refractivity contribution in [2.75, 3.05) is 5.75 Å². The van der Waals surface area contributed by atoms with E-state index in [4.69, 9.17) is 11.6 Å². The van der Waals surface area contributed by atoms with Crippen LogP contribution in [0.3, 0.4) is 0 Å². The molecular formula is C18H23ClOS. The molecule has 1 atom stereocenters. The molecule has 1 N–H and O–H groups in total. The van der Waals surface area contributed by atoms with Gasteiger partial charge in [0.25, 0.3) is 0 Å². The van der Waals surface area contributed by atoms with E-state index in [0.717, 1.165) is 33.4 Å². The van der Waals surface area contributed by atoms with Gasteiger partial charge in [0.05, 0.1) is 11.1 Å². The molecule has 0 aromatic heterocycles. The van der Waals surface area contributed by atoms with Crippen LogP contribution in [0.2, 0.25) is 5.02 Å². The molecule has 0 spiro atoms. The second kappa shape index (κ2) is 5.47. The normalized spacial score (nSPS) is 38.7. The van der Waals surface area contributed by atoms with Gasteiger partial charge in [-0.3, -0.25) is 0 Å². The number of benzene rings is 1. The Balaban J connectivity index is 1.45. The summed E-state index contributed by atoms with van der Waals surface area (Å²) in [7, 11) is 0. The number of aliphatic hydroxyl groups is 1. The monoisotopic (exact) mass is 322 g/mol. The first-order valence-corrected chi connectivity index (χ1v) is 9.56. The van der Waals surface area contributed by atoms with E-state index in [0.29, 0.717) is 0 Å². The van der Waals surface area contributed by atoms with Crippen LogP contribution in [0.5, 0.6) is 0 Å². The van der Waals surface area contributed by atoms with E-state index >= 15 is 0 Å². The summed E-state index contributed by atoms with van der Waals surface area (Å²) in [6, 6.07) is 7.97. The summed E-state index contributed by atoms with van der Waals surface area (Å²) < 4.78 is 0. The van der Waals surface area contributed by atoms with Crippen molar-refractivity contribution < 1.29 is 5.11 Å². The zero-order valence-electron chi connectivity index (χ0n) is 12.3. The third-order valence-electron chi connectivity index (χ3n) is 6.03. The van der Waals surface area contributed by atoms with Gasteiger partial charge in [0.1, 0.15) is 0 Å². The zero-order chi connectivity index (χ0) is 14.4. The molecule has 4 saturated carbocycles. The first-order valence-electron chi connectivity index (χ1n) is 8.20. The van der Waals surface area contributed by atoms with Crippen molar-refractivity contribution in [2.45, 2.75) is 49.5 Å². The van der Waals surface area contributed by atoms with Crippen molar-refractivity contribution >= 4 is 23.4 Å². The van der Waals surface area contributed by atoms with Crippen LogP contribution < -0.4 is 0 Å². The van der Waals surface area contributed by atoms with Gasteiger partial charge in [-0.1, -0.05) is 23.7 Å². The van der Waals surface area contributed by atoms with Gasteiger partial charge < -0.3 is 5.11 Å². The van der Waals surface area contributed by atoms with Crippen LogP contribution in [0.4, 0.5) is 0 Å². The Kier molecular flexibility index (Phi) is 3.76. The van der Waals surface area contributed by atoms with Crippen LogP contribution in [-0.2, 0) is 0 Å². The predicted octanol–water partition coefficient (Wildman–Crippen LogP) is 5.01. The minimum Gasteiger partial charge on any atom is -0.392 e. The van der Waals surface area contributed by atoms with Gasteiger partial charge in [0.2, 0.25) is 0 Å². The molecule has 0 radical (unpaired) electrons. The minimum atomic E-state index is -0.174. The number of hydrogen-bond donors (Lipinski definition) is 1. The van der Waals surface area contributed by atoms with E-state index in [1.165, 1.54) is 38.5 Å². The van der Waals surface area contributed by atoms with E-state index in [1.807, 2.05) is 18.2 Å². The van der Waals surface area contributed by atoms with Gasteiger partial charge in [-0.15, -0.1) is 11.8 Å². The minimum absolute atomic E-state index is 0.174. The lowest BCUT2D eigenvalue weighted by Crippen LogP contribution is -2.52. The molecule has 4 bridgehead atoms. The molecule has 114 valence electrons. The van der Waals surface area contributed by atoms with Crippen molar-refractivity contribution in [1.82, 2.24) is 0 Å². The highest BCUT2D eigenvalue weighted by atomic mass is 35.5. The molecule has 1 unspecified atom stereocenters. The molecule has 1 nitrogen and oxygen atoms in total. The molecular weight excluding hydrogens is 300 g/mol. The van der Waals surface area contributed by atoms with Crippen molar-refractivity contribution in [3.63, 3.8) is 0 Å². The Bertz CT molecular complexity index is 494. The highest BCUT2D eigenvalue weighted by molar-refractivity contribution is 7.99. The zero-order valence-corrected chi connectivity index (χ0v) is 13.9. The summed E-state index contributed by atoms with van der Waals surface area (Å²) in [5, 5.41) is 11.7. The predicted molar refractivity (Wildman–Crippen MR) is 88.8 cm³/mol. The molecule has 4 fully saturated rings. The van der Waals surface area contributed by atoms with E-state index in [2.05, 4.69) is 6.07 Å². The molecule has 0 aliphatic heterocycles. The molecule has 1 aromatic rings. The van der Waals surface area contributed by atoms with Crippen LogP contribution in [0.1, 0.15) is 38.5 Å². The number of hydrogen-bond acceptors (Lipinski definition) is 2. The lowest BCUT2D eigenvalue weighted by Gasteiger charge is -2.58. The number of aliphatic hydroxyl groups excluding tert-OH is 1. The summed E-state index contributed by atoms with van der Waals surface area (Å²) in [4.78, 5) is 1.10. The lowest BCUT2D eigenvalue weighted by atomic mass is 9.48. The van der Waals surface area contributed by atoms with Gasteiger partial charge >= 0.3 is 0 Å². The summed E-state index contributed by atoms with van der Waals surface area (Å²) in [5.74, 6) is 3.49. The fourth-order valence-corrected chi connectivity index (χ4v) is 6.86. The molecule has 3 heteroatoms. The summed E-state index contributed by atoms with van der Waals surface area (Å²) >= 11 is 7.95. The molecule has 0 heterocycles. The second-order valence-electron chi connectivity index (χ2n) is 7.54. The topological polar surface area (TPSA) is 20.2 Å². The van der Waals surface area contributed by atoms with Crippen molar-refractivity contribution in [3.8, 4) is 0 Å². The molecule has 5 rings (SSSR count). The highest BCUT2D eigenvalue weighted by Gasteiger charge is 2.53. The Morgan fingerprint density at radius 3 is 2.24 bits per heavy atom. The van der Waals surface area contributed by atoms with E-state index in [1.54, 1.807) is 11.8 Å². The third-order valence-corrected chi connectivity index (χ3v) is 7.62. The maximum Gasteiger partial charge on any atom is 0.0690 e. The molecule has 4 aliphatic carbocycles. The molecule has 0 amide bonds. The largest absolute Gasteiger partial charge is 0.392 e. The van der Waals surface area contributed by atoms with Gasteiger partial charge in [0.15, 0.2) is 0 Å². The summed E-state index contributed by atoms with van der Waals surface area (Å²) in [6.45, 7) is 0. The van der Waals surface area contributed by atoms with Crippen LogP contribution in [0, 0.1) is 23.2 Å². The first kappa shape index (κ1) is 14.4. The Morgan fingerprint density at radius 1 is 1.10 bits per heavy atom. The van der Waals surface area contributed by atoms with Crippen LogP contribution in [-0.4, -0.2) is 17.0 Å². The van der Waals surface area contributed by atoms with Crippen LogP contribution >= 0.6 is 23.4 Å². The van der Waals surface area contributed by atoms with Crippen molar-refractivity contribution in [1.29, 1.82) is 0 Å². The standard InChI is InChI=1S/C18H23ClOS/c19-15-3-1-2-4-16(15)21-11-17(20)18-8-12-5-13(9-18)7-14(6-12)10-18/h1-4,12-14,17,20H,5-11H2. The number of thioether (sulfide) groups is 1.